The normalized spacial score (nSPS) is 13.3. The van der Waals surface area contributed by atoms with Crippen LogP contribution in [0.15, 0.2) is 36.5 Å². The van der Waals surface area contributed by atoms with E-state index in [2.05, 4.69) is 34.2 Å². The molecule has 0 aliphatic rings. The van der Waals surface area contributed by atoms with Crippen molar-refractivity contribution in [3.63, 3.8) is 0 Å². The zero-order valence-corrected chi connectivity index (χ0v) is 9.77. The number of para-hydroxylation sites is 1. The Labute approximate surface area is 99.7 Å². The van der Waals surface area contributed by atoms with E-state index in [1.165, 1.54) is 10.8 Å². The zero-order chi connectivity index (χ0) is 11.8. The van der Waals surface area contributed by atoms with Gasteiger partial charge >= 0.3 is 0 Å². The van der Waals surface area contributed by atoms with Crippen LogP contribution >= 0.6 is 0 Å². The molecule has 2 aromatic heterocycles. The largest absolute Gasteiger partial charge is 0.353 e. The van der Waals surface area contributed by atoms with Gasteiger partial charge in [-0.2, -0.15) is 0 Å². The van der Waals surface area contributed by atoms with Crippen LogP contribution in [0.1, 0.15) is 12.6 Å². The van der Waals surface area contributed by atoms with Crippen molar-refractivity contribution in [2.75, 3.05) is 0 Å². The molecule has 3 heteroatoms. The van der Waals surface area contributed by atoms with E-state index < -0.39 is 0 Å². The summed E-state index contributed by atoms with van der Waals surface area (Å²) in [6.07, 6.45) is 2.66. The zero-order valence-electron chi connectivity index (χ0n) is 9.77. The lowest BCUT2D eigenvalue weighted by molar-refractivity contribution is 0.726. The van der Waals surface area contributed by atoms with Crippen molar-refractivity contribution >= 4 is 21.8 Å². The topological polar surface area (TPSA) is 54.7 Å². The molecule has 2 heterocycles. The summed E-state index contributed by atoms with van der Waals surface area (Å²) in [5.41, 5.74) is 9.18. The fourth-order valence-corrected chi connectivity index (χ4v) is 2.29. The summed E-state index contributed by atoms with van der Waals surface area (Å²) in [6, 6.07) is 10.5. The van der Waals surface area contributed by atoms with Crippen LogP contribution in [0.2, 0.25) is 0 Å². The molecule has 1 unspecified atom stereocenters. The molecule has 0 aliphatic carbocycles. The number of pyridine rings is 1. The maximum Gasteiger partial charge on any atom is 0.0684 e. The lowest BCUT2D eigenvalue weighted by atomic mass is 10.1. The highest BCUT2D eigenvalue weighted by Gasteiger charge is 2.09. The number of benzene rings is 1. The van der Waals surface area contributed by atoms with Gasteiger partial charge in [0.15, 0.2) is 0 Å². The van der Waals surface area contributed by atoms with Gasteiger partial charge in [-0.15, -0.1) is 0 Å². The Morgan fingerprint density at radius 2 is 2.06 bits per heavy atom. The van der Waals surface area contributed by atoms with E-state index in [0.29, 0.717) is 0 Å². The van der Waals surface area contributed by atoms with E-state index >= 15 is 0 Å². The van der Waals surface area contributed by atoms with Gasteiger partial charge in [0.1, 0.15) is 0 Å². The third kappa shape index (κ3) is 1.68. The maximum atomic E-state index is 5.86. The molecule has 0 radical (unpaired) electrons. The van der Waals surface area contributed by atoms with Gasteiger partial charge in [0, 0.05) is 34.9 Å². The minimum absolute atomic E-state index is 0.125. The van der Waals surface area contributed by atoms with Gasteiger partial charge < -0.3 is 10.7 Å². The second kappa shape index (κ2) is 3.86. The van der Waals surface area contributed by atoms with E-state index in [4.69, 9.17) is 5.73 Å². The number of nitrogens with one attached hydrogen (secondary N) is 1. The molecular weight excluding hydrogens is 210 g/mol. The third-order valence-corrected chi connectivity index (χ3v) is 3.02. The van der Waals surface area contributed by atoms with Gasteiger partial charge in [0.05, 0.1) is 11.2 Å². The number of rotatable bonds is 2. The summed E-state index contributed by atoms with van der Waals surface area (Å²) in [5.74, 6) is 0. The smallest absolute Gasteiger partial charge is 0.0684 e. The van der Waals surface area contributed by atoms with Crippen molar-refractivity contribution in [2.24, 2.45) is 5.73 Å². The van der Waals surface area contributed by atoms with Crippen molar-refractivity contribution in [2.45, 2.75) is 19.4 Å². The highest BCUT2D eigenvalue weighted by Crippen LogP contribution is 2.26. The van der Waals surface area contributed by atoms with Crippen LogP contribution in [0.5, 0.6) is 0 Å². The average Bonchev–Trinajstić information content (AvgIpc) is 2.68. The van der Waals surface area contributed by atoms with Crippen LogP contribution in [-0.4, -0.2) is 16.0 Å². The summed E-state index contributed by atoms with van der Waals surface area (Å²) in [4.78, 5) is 7.86. The SMILES string of the molecule is CC(N)Cc1nccc2c1[nH]c1ccccc12. The minimum Gasteiger partial charge on any atom is -0.353 e. The first-order valence-electron chi connectivity index (χ1n) is 5.85. The number of nitrogens with two attached hydrogens (primary N) is 1. The van der Waals surface area contributed by atoms with Crippen molar-refractivity contribution in [3.05, 3.63) is 42.2 Å². The number of fused-ring (bicyclic) bond motifs is 3. The maximum absolute atomic E-state index is 5.86. The van der Waals surface area contributed by atoms with Gasteiger partial charge in [-0.1, -0.05) is 18.2 Å². The Hall–Kier alpha value is -1.87. The lowest BCUT2D eigenvalue weighted by Gasteiger charge is -2.05. The molecule has 0 aliphatic heterocycles. The van der Waals surface area contributed by atoms with Crippen LogP contribution in [-0.2, 0) is 6.42 Å². The van der Waals surface area contributed by atoms with Crippen molar-refractivity contribution in [1.82, 2.24) is 9.97 Å². The van der Waals surface area contributed by atoms with E-state index in [0.717, 1.165) is 23.1 Å². The van der Waals surface area contributed by atoms with E-state index in [1.807, 2.05) is 19.2 Å². The second-order valence-electron chi connectivity index (χ2n) is 4.53. The Morgan fingerprint density at radius 1 is 1.24 bits per heavy atom. The molecule has 86 valence electrons. The van der Waals surface area contributed by atoms with Gasteiger partial charge in [0.2, 0.25) is 0 Å². The molecule has 3 aromatic rings. The van der Waals surface area contributed by atoms with Crippen molar-refractivity contribution < 1.29 is 0 Å². The molecule has 1 atom stereocenters. The first-order valence-corrected chi connectivity index (χ1v) is 5.85. The number of nitrogens with zero attached hydrogens (tertiary/aromatic N) is 1. The summed E-state index contributed by atoms with van der Waals surface area (Å²) >= 11 is 0. The summed E-state index contributed by atoms with van der Waals surface area (Å²) in [5, 5.41) is 2.47. The highest BCUT2D eigenvalue weighted by atomic mass is 14.8. The Morgan fingerprint density at radius 3 is 2.88 bits per heavy atom. The lowest BCUT2D eigenvalue weighted by Crippen LogP contribution is -2.18. The molecule has 0 saturated heterocycles. The highest BCUT2D eigenvalue weighted by molar-refractivity contribution is 6.07. The summed E-state index contributed by atoms with van der Waals surface area (Å²) in [6.45, 7) is 2.00. The molecule has 3 N–H and O–H groups in total. The second-order valence-corrected chi connectivity index (χ2v) is 4.53. The van der Waals surface area contributed by atoms with E-state index in [-0.39, 0.29) is 6.04 Å². The van der Waals surface area contributed by atoms with E-state index in [1.54, 1.807) is 0 Å². The monoisotopic (exact) mass is 225 g/mol. The molecule has 0 fully saturated rings. The molecule has 0 spiro atoms. The van der Waals surface area contributed by atoms with E-state index in [9.17, 15) is 0 Å². The molecule has 3 nitrogen and oxygen atoms in total. The first kappa shape index (κ1) is 10.3. The van der Waals surface area contributed by atoms with Crippen LogP contribution in [0.4, 0.5) is 0 Å². The fourth-order valence-electron chi connectivity index (χ4n) is 2.29. The van der Waals surface area contributed by atoms with Gasteiger partial charge in [-0.3, -0.25) is 4.98 Å². The van der Waals surface area contributed by atoms with Crippen molar-refractivity contribution in [3.8, 4) is 0 Å². The van der Waals surface area contributed by atoms with Crippen molar-refractivity contribution in [1.29, 1.82) is 0 Å². The van der Waals surface area contributed by atoms with Gasteiger partial charge in [-0.05, 0) is 19.1 Å². The Kier molecular flexibility index (Phi) is 2.34. The quantitative estimate of drug-likeness (QED) is 0.704. The predicted octanol–water partition coefficient (Wildman–Crippen LogP) is 2.61. The number of aromatic amines is 1. The third-order valence-electron chi connectivity index (χ3n) is 3.02. The summed E-state index contributed by atoms with van der Waals surface area (Å²) in [7, 11) is 0. The number of hydrogen-bond acceptors (Lipinski definition) is 2. The van der Waals surface area contributed by atoms with Crippen LogP contribution in [0.3, 0.4) is 0 Å². The standard InChI is InChI=1S/C14H15N3/c1-9(15)8-13-14-11(6-7-16-13)10-4-2-3-5-12(10)17-14/h2-7,9,17H,8,15H2,1H3. The first-order chi connectivity index (χ1) is 8.25. The molecular formula is C14H15N3. The molecule has 1 aromatic carbocycles. The van der Waals surface area contributed by atoms with Gasteiger partial charge in [-0.25, -0.2) is 0 Å². The minimum atomic E-state index is 0.125. The van der Waals surface area contributed by atoms with Crippen LogP contribution in [0.25, 0.3) is 21.8 Å². The number of H-pyrrole nitrogens is 1. The number of hydrogen-bond donors (Lipinski definition) is 2. The predicted molar refractivity (Wildman–Crippen MR) is 71.0 cm³/mol. The van der Waals surface area contributed by atoms with Crippen LogP contribution < -0.4 is 5.73 Å². The average molecular weight is 225 g/mol. The molecule has 0 amide bonds. The fraction of sp³-hybridized carbons (Fsp3) is 0.214. The molecule has 0 bridgehead atoms. The summed E-state index contributed by atoms with van der Waals surface area (Å²) < 4.78 is 0. The Balaban J connectivity index is 2.31. The molecule has 17 heavy (non-hydrogen) atoms. The van der Waals surface area contributed by atoms with Crippen LogP contribution in [0, 0.1) is 0 Å². The Bertz CT molecular complexity index is 667. The molecule has 0 saturated carbocycles. The van der Waals surface area contributed by atoms with Gasteiger partial charge in [0.25, 0.3) is 0 Å². The number of aromatic nitrogens is 2. The molecule has 3 rings (SSSR count).